The Hall–Kier alpha value is -0.740. The van der Waals surface area contributed by atoms with Crippen LogP contribution in [-0.4, -0.2) is 0 Å². The summed E-state index contributed by atoms with van der Waals surface area (Å²) in [7, 11) is 0. The van der Waals surface area contributed by atoms with Crippen molar-refractivity contribution in [3.05, 3.63) is 31.0 Å². The molecule has 0 aliphatic heterocycles. The van der Waals surface area contributed by atoms with Crippen molar-refractivity contribution in [3.8, 4) is 0 Å². The molecule has 0 bridgehead atoms. The van der Waals surface area contributed by atoms with E-state index >= 15 is 0 Å². The molecule has 0 heterocycles. The summed E-state index contributed by atoms with van der Waals surface area (Å²) < 4.78 is 0. The first kappa shape index (κ1) is 9.26. The minimum atomic E-state index is 0.578. The molecule has 0 aliphatic rings. The highest BCUT2D eigenvalue weighted by molar-refractivity contribution is 4.88. The van der Waals surface area contributed by atoms with E-state index in [1.807, 2.05) is 12.2 Å². The average Bonchev–Trinajstić information content (AvgIpc) is 1.89. The first-order valence-electron chi connectivity index (χ1n) is 3.69. The van der Waals surface area contributed by atoms with Crippen molar-refractivity contribution in [1.82, 2.24) is 0 Å². The molecule has 0 radical (unpaired) electrons. The molecule has 1 atom stereocenters. The minimum absolute atomic E-state index is 0.578. The Kier molecular flexibility index (Phi) is 4.70. The van der Waals surface area contributed by atoms with Crippen molar-refractivity contribution in [3.63, 3.8) is 0 Å². The highest BCUT2D eigenvalue weighted by atomic mass is 14.1. The molecule has 0 nitrogen and oxygen atoms in total. The van der Waals surface area contributed by atoms with Gasteiger partial charge in [-0.05, 0) is 24.3 Å². The molecule has 0 aromatic rings. The van der Waals surface area contributed by atoms with E-state index in [1.165, 1.54) is 0 Å². The van der Waals surface area contributed by atoms with Gasteiger partial charge in [-0.1, -0.05) is 26.5 Å². The van der Waals surface area contributed by atoms with Gasteiger partial charge in [0, 0.05) is 0 Å². The quantitative estimate of drug-likeness (QED) is 0.411. The van der Waals surface area contributed by atoms with Crippen LogP contribution in [0.5, 0.6) is 0 Å². The summed E-state index contributed by atoms with van der Waals surface area (Å²) in [6, 6.07) is 0. The predicted octanol–water partition coefficient (Wildman–Crippen LogP) is 3.18. The summed E-state index contributed by atoms with van der Waals surface area (Å²) in [5.41, 5.74) is 2.76. The van der Waals surface area contributed by atoms with E-state index in [0.717, 1.165) is 6.42 Å². The Bertz CT molecular complexity index is 136. The molecule has 0 rings (SSSR count). The zero-order valence-electron chi connectivity index (χ0n) is 6.93. The maximum atomic E-state index is 3.77. The van der Waals surface area contributed by atoms with Gasteiger partial charge >= 0.3 is 0 Å². The van der Waals surface area contributed by atoms with Gasteiger partial charge in [0.2, 0.25) is 0 Å². The molecule has 0 amide bonds. The molecule has 0 fully saturated rings. The maximum Gasteiger partial charge on any atom is -0.0172 e. The van der Waals surface area contributed by atoms with Crippen LogP contribution in [-0.2, 0) is 0 Å². The van der Waals surface area contributed by atoms with Crippen LogP contribution in [0.2, 0.25) is 0 Å². The Morgan fingerprint density at radius 2 is 2.10 bits per heavy atom. The van der Waals surface area contributed by atoms with Gasteiger partial charge in [0.15, 0.2) is 0 Å². The molecule has 0 aliphatic carbocycles. The molecule has 0 N–H and O–H groups in total. The molecular formula is C10H16. The SMILES string of the molecule is C=C=CCC(C=C)C(C)C. The third kappa shape index (κ3) is 3.32. The van der Waals surface area contributed by atoms with E-state index in [4.69, 9.17) is 0 Å². The largest absolute Gasteiger partial charge is 0.133 e. The molecule has 0 spiro atoms. The Labute approximate surface area is 64.0 Å². The topological polar surface area (TPSA) is 0 Å². The Balaban J connectivity index is 3.82. The van der Waals surface area contributed by atoms with E-state index in [2.05, 4.69) is 32.7 Å². The lowest BCUT2D eigenvalue weighted by Gasteiger charge is -2.12. The van der Waals surface area contributed by atoms with Crippen LogP contribution < -0.4 is 0 Å². The van der Waals surface area contributed by atoms with E-state index in [0.29, 0.717) is 11.8 Å². The summed E-state index contributed by atoms with van der Waals surface area (Å²) in [6.45, 7) is 11.7. The molecule has 56 valence electrons. The lowest BCUT2D eigenvalue weighted by atomic mass is 9.93. The monoisotopic (exact) mass is 136 g/mol. The molecule has 0 heteroatoms. The summed E-state index contributed by atoms with van der Waals surface area (Å²) in [5, 5.41) is 0. The second-order valence-corrected chi connectivity index (χ2v) is 2.79. The lowest BCUT2D eigenvalue weighted by Crippen LogP contribution is -2.02. The van der Waals surface area contributed by atoms with Crippen LogP contribution >= 0.6 is 0 Å². The molecular weight excluding hydrogens is 120 g/mol. The third-order valence-corrected chi connectivity index (χ3v) is 1.69. The van der Waals surface area contributed by atoms with Crippen molar-refractivity contribution < 1.29 is 0 Å². The standard InChI is InChI=1S/C10H16/c1-5-7-8-10(6-2)9(3)4/h6-7,9-10H,1-2,8H2,3-4H3. The first-order valence-corrected chi connectivity index (χ1v) is 3.69. The molecule has 10 heavy (non-hydrogen) atoms. The van der Waals surface area contributed by atoms with Crippen LogP contribution in [0.1, 0.15) is 20.3 Å². The summed E-state index contributed by atoms with van der Waals surface area (Å²) in [5.74, 6) is 1.25. The van der Waals surface area contributed by atoms with Gasteiger partial charge in [-0.15, -0.1) is 12.3 Å². The van der Waals surface area contributed by atoms with Crippen LogP contribution in [0, 0.1) is 11.8 Å². The maximum absolute atomic E-state index is 3.77. The van der Waals surface area contributed by atoms with Crippen molar-refractivity contribution in [2.45, 2.75) is 20.3 Å². The van der Waals surface area contributed by atoms with Crippen LogP contribution in [0.15, 0.2) is 31.0 Å². The highest BCUT2D eigenvalue weighted by Gasteiger charge is 2.05. The van der Waals surface area contributed by atoms with E-state index in [9.17, 15) is 0 Å². The number of allylic oxidation sites excluding steroid dienone is 2. The van der Waals surface area contributed by atoms with Gasteiger partial charge in [0.1, 0.15) is 0 Å². The summed E-state index contributed by atoms with van der Waals surface area (Å²) in [4.78, 5) is 0. The lowest BCUT2D eigenvalue weighted by molar-refractivity contribution is 0.471. The fourth-order valence-corrected chi connectivity index (χ4v) is 0.860. The highest BCUT2D eigenvalue weighted by Crippen LogP contribution is 2.15. The Morgan fingerprint density at radius 3 is 2.40 bits per heavy atom. The second kappa shape index (κ2) is 5.08. The van der Waals surface area contributed by atoms with Crippen molar-refractivity contribution >= 4 is 0 Å². The van der Waals surface area contributed by atoms with E-state index < -0.39 is 0 Å². The minimum Gasteiger partial charge on any atom is -0.133 e. The van der Waals surface area contributed by atoms with Crippen LogP contribution in [0.4, 0.5) is 0 Å². The summed E-state index contributed by atoms with van der Waals surface area (Å²) in [6.07, 6.45) is 4.98. The normalized spacial score (nSPS) is 12.3. The van der Waals surface area contributed by atoms with Gasteiger partial charge in [-0.2, -0.15) is 0 Å². The molecule has 0 saturated heterocycles. The van der Waals surface area contributed by atoms with Crippen molar-refractivity contribution in [2.75, 3.05) is 0 Å². The van der Waals surface area contributed by atoms with Gasteiger partial charge in [0.05, 0.1) is 0 Å². The molecule has 1 unspecified atom stereocenters. The van der Waals surface area contributed by atoms with Crippen molar-refractivity contribution in [2.24, 2.45) is 11.8 Å². The summed E-state index contributed by atoms with van der Waals surface area (Å²) >= 11 is 0. The molecule has 0 aromatic carbocycles. The smallest absolute Gasteiger partial charge is 0.0172 e. The fourth-order valence-electron chi connectivity index (χ4n) is 0.860. The van der Waals surface area contributed by atoms with Gasteiger partial charge in [-0.3, -0.25) is 0 Å². The van der Waals surface area contributed by atoms with Gasteiger partial charge in [0.25, 0.3) is 0 Å². The fraction of sp³-hybridized carbons (Fsp3) is 0.500. The number of rotatable bonds is 4. The van der Waals surface area contributed by atoms with Gasteiger partial charge in [-0.25, -0.2) is 0 Å². The third-order valence-electron chi connectivity index (χ3n) is 1.69. The van der Waals surface area contributed by atoms with E-state index in [-0.39, 0.29) is 0 Å². The predicted molar refractivity (Wildman–Crippen MR) is 46.9 cm³/mol. The Morgan fingerprint density at radius 1 is 1.50 bits per heavy atom. The van der Waals surface area contributed by atoms with Crippen molar-refractivity contribution in [1.29, 1.82) is 0 Å². The van der Waals surface area contributed by atoms with Crippen LogP contribution in [0.3, 0.4) is 0 Å². The zero-order chi connectivity index (χ0) is 7.98. The van der Waals surface area contributed by atoms with Crippen LogP contribution in [0.25, 0.3) is 0 Å². The zero-order valence-corrected chi connectivity index (χ0v) is 6.93. The van der Waals surface area contributed by atoms with E-state index in [1.54, 1.807) is 0 Å². The molecule has 0 aromatic heterocycles. The number of hydrogen-bond acceptors (Lipinski definition) is 0. The van der Waals surface area contributed by atoms with Gasteiger partial charge < -0.3 is 0 Å². The molecule has 0 saturated carbocycles. The average molecular weight is 136 g/mol. The first-order chi connectivity index (χ1) is 4.72. The number of hydrogen-bond donors (Lipinski definition) is 0. The second-order valence-electron chi connectivity index (χ2n) is 2.79.